The molecule has 2 aromatic carbocycles. The van der Waals surface area contributed by atoms with E-state index in [1.165, 1.54) is 0 Å². The highest BCUT2D eigenvalue weighted by atomic mass is 79.9. The van der Waals surface area contributed by atoms with Crippen LogP contribution in [0.15, 0.2) is 62.2 Å². The summed E-state index contributed by atoms with van der Waals surface area (Å²) in [5.74, 6) is 1.87. The van der Waals surface area contributed by atoms with E-state index in [2.05, 4.69) is 27.2 Å². The van der Waals surface area contributed by atoms with E-state index in [1.54, 1.807) is 43.3 Å². The Morgan fingerprint density at radius 3 is 2.64 bits per heavy atom. The van der Waals surface area contributed by atoms with Gasteiger partial charge in [-0.2, -0.15) is 0 Å². The lowest BCUT2D eigenvalue weighted by atomic mass is 9.98. The van der Waals surface area contributed by atoms with Gasteiger partial charge >= 0.3 is 5.97 Å². The smallest absolute Gasteiger partial charge is 0.337 e. The van der Waals surface area contributed by atoms with Gasteiger partial charge in [0.15, 0.2) is 5.43 Å². The van der Waals surface area contributed by atoms with Crippen molar-refractivity contribution in [1.82, 2.24) is 0 Å². The zero-order chi connectivity index (χ0) is 24.3. The van der Waals surface area contributed by atoms with Gasteiger partial charge in [-0.3, -0.25) is 4.79 Å². The molecule has 1 heterocycles. The van der Waals surface area contributed by atoms with Crippen molar-refractivity contribution in [3.8, 4) is 12.3 Å². The standard InChI is InChI=1S/C27H24BrNO4/c1-6-8-18(9-7-2)25-16(4)24(30)22-13-15(3)12-20(26(22)33-25)17(5)29-23-11-10-19(28)14-21(23)27(31)32/h1,7-14,17,29H,2-5H3,(H,31,32)/b9-7-,18-8+. The van der Waals surface area contributed by atoms with Crippen molar-refractivity contribution in [2.75, 3.05) is 5.32 Å². The first-order valence-corrected chi connectivity index (χ1v) is 11.1. The van der Waals surface area contributed by atoms with E-state index < -0.39 is 5.97 Å². The Labute approximate surface area is 201 Å². The zero-order valence-electron chi connectivity index (χ0n) is 18.8. The Morgan fingerprint density at radius 1 is 1.27 bits per heavy atom. The molecule has 5 nitrogen and oxygen atoms in total. The third-order valence-corrected chi connectivity index (χ3v) is 5.78. The Bertz CT molecular complexity index is 1410. The minimum atomic E-state index is -1.04. The summed E-state index contributed by atoms with van der Waals surface area (Å²) in [6.45, 7) is 7.38. The van der Waals surface area contributed by atoms with E-state index in [0.717, 1.165) is 11.1 Å². The molecule has 0 saturated carbocycles. The normalized spacial score (nSPS) is 12.7. The van der Waals surface area contributed by atoms with E-state index in [9.17, 15) is 14.7 Å². The van der Waals surface area contributed by atoms with Crippen LogP contribution in [0.1, 0.15) is 52.7 Å². The number of carboxylic acids is 1. The van der Waals surface area contributed by atoms with Gasteiger partial charge < -0.3 is 14.8 Å². The van der Waals surface area contributed by atoms with Crippen molar-refractivity contribution in [3.63, 3.8) is 0 Å². The molecule has 1 unspecified atom stereocenters. The SMILES string of the molecule is C#C/C=C(\C=C/C)c1oc2c(C(C)Nc3ccc(Br)cc3C(=O)O)cc(C)cc2c(=O)c1C. The second kappa shape index (κ2) is 9.93. The average molecular weight is 506 g/mol. The van der Waals surface area contributed by atoms with Crippen molar-refractivity contribution in [1.29, 1.82) is 0 Å². The number of aryl methyl sites for hydroxylation is 1. The molecule has 0 bridgehead atoms. The number of carbonyl (C=O) groups is 1. The molecule has 1 aromatic heterocycles. The second-order valence-electron chi connectivity index (χ2n) is 7.74. The topological polar surface area (TPSA) is 79.5 Å². The van der Waals surface area contributed by atoms with Crippen molar-refractivity contribution >= 4 is 44.1 Å². The fourth-order valence-electron chi connectivity index (χ4n) is 3.75. The third-order valence-electron chi connectivity index (χ3n) is 5.29. The van der Waals surface area contributed by atoms with Gasteiger partial charge in [-0.15, -0.1) is 6.42 Å². The lowest BCUT2D eigenvalue weighted by Gasteiger charge is -2.20. The summed E-state index contributed by atoms with van der Waals surface area (Å²) in [4.78, 5) is 25.0. The molecule has 1 atom stereocenters. The van der Waals surface area contributed by atoms with Crippen LogP contribution >= 0.6 is 15.9 Å². The van der Waals surface area contributed by atoms with Crippen LogP contribution in [0.3, 0.4) is 0 Å². The predicted octanol–water partition coefficient (Wildman–Crippen LogP) is 6.64. The van der Waals surface area contributed by atoms with Crippen LogP contribution in [0.2, 0.25) is 0 Å². The third kappa shape index (κ3) is 4.94. The number of rotatable bonds is 6. The molecule has 168 valence electrons. The number of allylic oxidation sites excluding steroid dienone is 4. The maximum Gasteiger partial charge on any atom is 0.337 e. The van der Waals surface area contributed by atoms with Crippen LogP contribution in [0.5, 0.6) is 0 Å². The number of nitrogens with one attached hydrogen (secondary N) is 1. The van der Waals surface area contributed by atoms with E-state index >= 15 is 0 Å². The number of fused-ring (bicyclic) bond motifs is 1. The van der Waals surface area contributed by atoms with Crippen LogP contribution in [-0.4, -0.2) is 11.1 Å². The number of aromatic carboxylic acids is 1. The lowest BCUT2D eigenvalue weighted by Crippen LogP contribution is -2.14. The van der Waals surface area contributed by atoms with Gasteiger partial charge in [0.1, 0.15) is 11.3 Å². The Hall–Kier alpha value is -3.56. The van der Waals surface area contributed by atoms with Crippen LogP contribution in [0, 0.1) is 26.2 Å². The molecule has 0 aliphatic heterocycles. The molecular formula is C27H24BrNO4. The number of benzene rings is 2. The molecule has 0 radical (unpaired) electrons. The molecule has 0 fully saturated rings. The first kappa shape index (κ1) is 24.1. The van der Waals surface area contributed by atoms with Gasteiger partial charge in [0, 0.05) is 26.9 Å². The summed E-state index contributed by atoms with van der Waals surface area (Å²) >= 11 is 3.31. The number of hydrogen-bond donors (Lipinski definition) is 2. The first-order valence-electron chi connectivity index (χ1n) is 10.3. The maximum atomic E-state index is 13.3. The molecule has 0 aliphatic carbocycles. The highest BCUT2D eigenvalue weighted by Crippen LogP contribution is 2.32. The van der Waals surface area contributed by atoms with Gasteiger partial charge in [0.2, 0.25) is 0 Å². The van der Waals surface area contributed by atoms with E-state index in [-0.39, 0.29) is 17.0 Å². The quantitative estimate of drug-likeness (QED) is 0.290. The zero-order valence-corrected chi connectivity index (χ0v) is 20.4. The number of hydrogen-bond acceptors (Lipinski definition) is 4. The molecule has 6 heteroatoms. The number of halogens is 1. The maximum absolute atomic E-state index is 13.3. The number of terminal acetylenes is 1. The average Bonchev–Trinajstić information content (AvgIpc) is 2.77. The largest absolute Gasteiger partial charge is 0.478 e. The van der Waals surface area contributed by atoms with Crippen LogP contribution in [0.25, 0.3) is 16.5 Å². The van der Waals surface area contributed by atoms with Gasteiger partial charge in [-0.25, -0.2) is 4.79 Å². The lowest BCUT2D eigenvalue weighted by molar-refractivity contribution is 0.0698. The molecule has 3 rings (SSSR count). The van der Waals surface area contributed by atoms with Crippen molar-refractivity contribution in [3.05, 3.63) is 91.3 Å². The molecule has 0 spiro atoms. The summed E-state index contributed by atoms with van der Waals surface area (Å²) in [6, 6.07) is 8.39. The van der Waals surface area contributed by atoms with E-state index in [0.29, 0.717) is 38.0 Å². The van der Waals surface area contributed by atoms with Crippen molar-refractivity contribution in [2.45, 2.75) is 33.7 Å². The van der Waals surface area contributed by atoms with Gasteiger partial charge in [0.05, 0.1) is 17.0 Å². The molecule has 0 saturated heterocycles. The highest BCUT2D eigenvalue weighted by Gasteiger charge is 2.20. The van der Waals surface area contributed by atoms with Gasteiger partial charge in [-0.1, -0.05) is 40.1 Å². The highest BCUT2D eigenvalue weighted by molar-refractivity contribution is 9.10. The molecule has 0 amide bonds. The summed E-state index contributed by atoms with van der Waals surface area (Å²) in [7, 11) is 0. The first-order chi connectivity index (χ1) is 15.7. The van der Waals surface area contributed by atoms with Crippen LogP contribution in [-0.2, 0) is 0 Å². The van der Waals surface area contributed by atoms with Gasteiger partial charge in [-0.05, 0) is 63.6 Å². The van der Waals surface area contributed by atoms with E-state index in [4.69, 9.17) is 10.8 Å². The van der Waals surface area contributed by atoms with Crippen LogP contribution in [0.4, 0.5) is 5.69 Å². The molecule has 0 aliphatic rings. The monoisotopic (exact) mass is 505 g/mol. The fourth-order valence-corrected chi connectivity index (χ4v) is 4.11. The molecule has 3 aromatic rings. The minimum absolute atomic E-state index is 0.134. The van der Waals surface area contributed by atoms with Crippen molar-refractivity contribution < 1.29 is 14.3 Å². The molecule has 33 heavy (non-hydrogen) atoms. The fraction of sp³-hybridized carbons (Fsp3) is 0.185. The number of anilines is 1. The van der Waals surface area contributed by atoms with Crippen LogP contribution < -0.4 is 10.7 Å². The van der Waals surface area contributed by atoms with E-state index in [1.807, 2.05) is 32.9 Å². The summed E-state index contributed by atoms with van der Waals surface area (Å²) < 4.78 is 6.97. The van der Waals surface area contributed by atoms with Crippen molar-refractivity contribution in [2.24, 2.45) is 0 Å². The molecule has 2 N–H and O–H groups in total. The predicted molar refractivity (Wildman–Crippen MR) is 137 cm³/mol. The molecular weight excluding hydrogens is 482 g/mol. The second-order valence-corrected chi connectivity index (χ2v) is 8.66. The Kier molecular flexibility index (Phi) is 7.25. The summed E-state index contributed by atoms with van der Waals surface area (Å²) in [6.07, 6.45) is 10.7. The number of carboxylic acid groups (broad SMARTS) is 1. The summed E-state index contributed by atoms with van der Waals surface area (Å²) in [5.41, 5.74) is 3.64. The summed E-state index contributed by atoms with van der Waals surface area (Å²) in [5, 5.41) is 13.3. The Balaban J connectivity index is 2.23. The minimum Gasteiger partial charge on any atom is -0.478 e. The Morgan fingerprint density at radius 2 is 2.00 bits per heavy atom. The van der Waals surface area contributed by atoms with Gasteiger partial charge in [0.25, 0.3) is 0 Å².